The monoisotopic (exact) mass is 1330 g/mol. The van der Waals surface area contributed by atoms with Crippen LogP contribution in [0.15, 0.2) is 87.7 Å². The fourth-order valence-corrected chi connectivity index (χ4v) is 12.5. The van der Waals surface area contributed by atoms with Gasteiger partial charge in [-0.2, -0.15) is 21.0 Å². The number of nitriles is 4. The molecular weight excluding hydrogens is 1260 g/mol. The molecule has 0 saturated carbocycles. The van der Waals surface area contributed by atoms with Crippen LogP contribution in [0.4, 0.5) is 22.7 Å². The number of nitrogens with zero attached hydrogens (tertiary/aromatic N) is 14. The zero-order valence-electron chi connectivity index (χ0n) is 54.5. The van der Waals surface area contributed by atoms with Crippen LogP contribution in [0.2, 0.25) is 0 Å². The van der Waals surface area contributed by atoms with Crippen molar-refractivity contribution in [2.24, 2.45) is 0 Å². The first-order chi connectivity index (χ1) is 44.0. The van der Waals surface area contributed by atoms with E-state index in [4.69, 9.17) is 34.2 Å². The molecule has 0 amide bonds. The van der Waals surface area contributed by atoms with Gasteiger partial charge in [0.05, 0.1) is 132 Å². The van der Waals surface area contributed by atoms with Gasteiger partial charge in [-0.3, -0.25) is 30.2 Å². The summed E-state index contributed by atoms with van der Waals surface area (Å²) in [5.41, 5.74) is 25.3. The van der Waals surface area contributed by atoms with Gasteiger partial charge in [0.15, 0.2) is 0 Å². The minimum absolute atomic E-state index is 0.150. The number of non-ortho nitro benzene ring substituents is 2. The molecule has 0 radical (unpaired) electrons. The quantitative estimate of drug-likeness (QED) is 0.0885. The standard InChI is InChI=1S/2C10H5N3S.C10H8N2S.C9H6N2S.2C8H6N2O2S.6C2H6/c1-6-3-7(4-11)10-9(8(6)12-2)13-5-14-10;1-6-2-9-10(14-5-13-9)8(4-12)7(6)3-11;1-6-3-9-10(13-5-12-9)7(2)8(6)4-11;1-6-3-4-7(10-2)8-9(6)12-5-11-8;2*1-5-2-6-8(13-4-9-6)7(3-5)10(11)12;6*1-2/h3,5H,1H3;2,5H,1H3;3,5H,1-2H3;3-5H,1H3;2*2-4H,1H3;6*1-2H3. The molecule has 24 heteroatoms. The lowest BCUT2D eigenvalue weighted by atomic mass is 10.0. The average molecular weight is 1330 g/mol. The van der Waals surface area contributed by atoms with Crippen molar-refractivity contribution in [3.8, 4) is 24.3 Å². The van der Waals surface area contributed by atoms with E-state index in [-0.39, 0.29) is 21.2 Å². The Morgan fingerprint density at radius 2 is 0.791 bits per heavy atom. The normalized spacial score (nSPS) is 9.15. The molecule has 6 aromatic carbocycles. The van der Waals surface area contributed by atoms with Crippen molar-refractivity contribution in [3.63, 3.8) is 0 Å². The number of benzene rings is 6. The number of thiazole rings is 6. The van der Waals surface area contributed by atoms with Crippen LogP contribution in [0.25, 0.3) is 71.0 Å². The average Bonchev–Trinajstić information content (AvgIpc) is 2.70. The van der Waals surface area contributed by atoms with Gasteiger partial charge in [0.2, 0.25) is 11.4 Å². The molecule has 12 rings (SSSR count). The molecule has 0 spiro atoms. The van der Waals surface area contributed by atoms with Gasteiger partial charge >= 0.3 is 0 Å². The molecule has 0 saturated heterocycles. The van der Waals surface area contributed by atoms with Gasteiger partial charge < -0.3 is 0 Å². The predicted molar refractivity (Wildman–Crippen MR) is 384 cm³/mol. The minimum Gasteiger partial charge on any atom is -0.258 e. The molecule has 470 valence electrons. The van der Waals surface area contributed by atoms with Gasteiger partial charge in [-0.1, -0.05) is 101 Å². The van der Waals surface area contributed by atoms with Crippen molar-refractivity contribution in [1.82, 2.24) is 29.9 Å². The van der Waals surface area contributed by atoms with Crippen LogP contribution in [0.5, 0.6) is 0 Å². The molecule has 0 unspecified atom stereocenters. The van der Waals surface area contributed by atoms with Crippen LogP contribution in [0, 0.1) is 127 Å². The van der Waals surface area contributed by atoms with Gasteiger partial charge in [0, 0.05) is 16.8 Å². The van der Waals surface area contributed by atoms with E-state index in [1.165, 1.54) is 50.9 Å². The van der Waals surface area contributed by atoms with E-state index in [2.05, 4.69) is 63.9 Å². The van der Waals surface area contributed by atoms with Crippen LogP contribution >= 0.6 is 68.0 Å². The number of aryl methyl sites for hydroxylation is 7. The fourth-order valence-electron chi connectivity index (χ4n) is 7.85. The first-order valence-electron chi connectivity index (χ1n) is 28.7. The Kier molecular flexibility index (Phi) is 36.3. The maximum absolute atomic E-state index is 10.6. The minimum atomic E-state index is -0.368. The summed E-state index contributed by atoms with van der Waals surface area (Å²) in [6.07, 6.45) is 0. The van der Waals surface area contributed by atoms with E-state index in [1.54, 1.807) is 68.4 Å². The Hall–Kier alpha value is -9.60. The number of rotatable bonds is 2. The third kappa shape index (κ3) is 20.5. The molecule has 0 fully saturated rings. The van der Waals surface area contributed by atoms with Crippen molar-refractivity contribution in [2.75, 3.05) is 0 Å². The second-order valence-corrected chi connectivity index (χ2v) is 21.9. The van der Waals surface area contributed by atoms with Gasteiger partial charge in [-0.25, -0.2) is 29.6 Å². The molecular formula is C67H72N14O4S6. The lowest BCUT2D eigenvalue weighted by Gasteiger charge is -2.01. The van der Waals surface area contributed by atoms with Crippen molar-refractivity contribution in [1.29, 1.82) is 21.0 Å². The third-order valence-corrected chi connectivity index (χ3v) is 16.9. The molecule has 0 bridgehead atoms. The van der Waals surface area contributed by atoms with E-state index < -0.39 is 0 Å². The first-order valence-corrected chi connectivity index (χ1v) is 34.0. The smallest absolute Gasteiger partial charge is 0.258 e. The van der Waals surface area contributed by atoms with Gasteiger partial charge in [-0.15, -0.1) is 68.0 Å². The Morgan fingerprint density at radius 1 is 0.407 bits per heavy atom. The molecule has 0 N–H and O–H groups in total. The maximum atomic E-state index is 10.6. The highest BCUT2D eigenvalue weighted by atomic mass is 32.1. The van der Waals surface area contributed by atoms with Crippen LogP contribution in [-0.4, -0.2) is 39.8 Å². The molecule has 18 nitrogen and oxygen atoms in total. The van der Waals surface area contributed by atoms with Crippen molar-refractivity contribution < 1.29 is 9.85 Å². The Morgan fingerprint density at radius 3 is 1.22 bits per heavy atom. The number of aromatic nitrogens is 6. The molecule has 12 aromatic rings. The highest BCUT2D eigenvalue weighted by Gasteiger charge is 2.17. The van der Waals surface area contributed by atoms with Gasteiger partial charge in [-0.05, 0) is 112 Å². The maximum Gasteiger partial charge on any atom is 0.289 e. The molecule has 91 heavy (non-hydrogen) atoms. The van der Waals surface area contributed by atoms with Crippen LogP contribution in [0.1, 0.15) is 144 Å². The molecule has 0 aliphatic heterocycles. The topological polar surface area (TPSA) is 268 Å². The third-order valence-electron chi connectivity index (χ3n) is 11.5. The highest BCUT2D eigenvalue weighted by Crippen LogP contribution is 2.35. The zero-order chi connectivity index (χ0) is 69.1. The fraction of sp³-hybridized carbons (Fsp3) is 0.284. The molecule has 0 aliphatic carbocycles. The number of nitro groups is 2. The first kappa shape index (κ1) is 79.4. The summed E-state index contributed by atoms with van der Waals surface area (Å²) < 4.78 is 5.16. The lowest BCUT2D eigenvalue weighted by Crippen LogP contribution is -1.89. The number of hydrogen-bond donors (Lipinski definition) is 0. The van der Waals surface area contributed by atoms with Crippen LogP contribution < -0.4 is 0 Å². The second-order valence-electron chi connectivity index (χ2n) is 16.7. The van der Waals surface area contributed by atoms with Gasteiger partial charge in [0.1, 0.15) is 27.6 Å². The van der Waals surface area contributed by atoms with Gasteiger partial charge in [0.25, 0.3) is 11.4 Å². The zero-order valence-corrected chi connectivity index (χ0v) is 59.4. The van der Waals surface area contributed by atoms with Crippen molar-refractivity contribution in [3.05, 3.63) is 192 Å². The molecule has 0 aliphatic rings. The van der Waals surface area contributed by atoms with E-state index in [9.17, 15) is 20.2 Å². The molecule has 6 heterocycles. The summed E-state index contributed by atoms with van der Waals surface area (Å²) in [6.45, 7) is 51.2. The summed E-state index contributed by atoms with van der Waals surface area (Å²) in [5.74, 6) is 0. The van der Waals surface area contributed by atoms with Crippen molar-refractivity contribution >= 4 is 152 Å². The number of nitro benzene ring substituents is 2. The Bertz CT molecular complexity index is 4520. The second kappa shape index (κ2) is 41.6. The molecule has 6 aromatic heterocycles. The summed E-state index contributed by atoms with van der Waals surface area (Å²) in [6, 6.07) is 24.6. The lowest BCUT2D eigenvalue weighted by molar-refractivity contribution is -0.383. The van der Waals surface area contributed by atoms with Crippen LogP contribution in [0.3, 0.4) is 0 Å². The SMILES string of the molecule is CC.CC.CC.CC.CC.CC.Cc1cc([N+](=O)[O-])c2scnc2c1.Cc1cc([N+](=O)[O-])c2scnc2c1.Cc1cc2ncsc2c(C#N)c1C#N.Cc1cc2ncsc2c(C)c1C#N.[C-]#[N+]c1c(C)cc(C#N)c2scnc12.[C-]#[N+]c1ccc(C)c2scnc12. The Labute approximate surface area is 556 Å². The van der Waals surface area contributed by atoms with E-state index in [0.29, 0.717) is 54.0 Å². The molecule has 0 atom stereocenters. The number of fused-ring (bicyclic) bond motifs is 6. The summed E-state index contributed by atoms with van der Waals surface area (Å²) in [5, 5.41) is 57.0. The number of hydrogen-bond acceptors (Lipinski definition) is 20. The predicted octanol–water partition coefficient (Wildman–Crippen LogP) is 22.5. The summed E-state index contributed by atoms with van der Waals surface area (Å²) in [7, 11) is 0. The van der Waals surface area contributed by atoms with E-state index >= 15 is 0 Å². The van der Waals surface area contributed by atoms with Crippen LogP contribution in [-0.2, 0) is 0 Å². The Balaban J connectivity index is 0.000000528. The summed E-state index contributed by atoms with van der Waals surface area (Å²) in [4.78, 5) is 52.1. The largest absolute Gasteiger partial charge is 0.289 e. The summed E-state index contributed by atoms with van der Waals surface area (Å²) >= 11 is 8.57. The van der Waals surface area contributed by atoms with E-state index in [1.807, 2.05) is 173 Å². The highest BCUT2D eigenvalue weighted by molar-refractivity contribution is 7.18. The van der Waals surface area contributed by atoms with Crippen molar-refractivity contribution in [2.45, 2.75) is 132 Å². The van der Waals surface area contributed by atoms with E-state index in [0.717, 1.165) is 74.3 Å².